The molecule has 0 radical (unpaired) electrons. The summed E-state index contributed by atoms with van der Waals surface area (Å²) in [5.74, 6) is 0.0986. The smallest absolute Gasteiger partial charge is 0.253 e. The van der Waals surface area contributed by atoms with Crippen molar-refractivity contribution in [3.8, 4) is 5.75 Å². The minimum Gasteiger partial charge on any atom is -0.495 e. The summed E-state index contributed by atoms with van der Waals surface area (Å²) in [6.07, 6.45) is 3.41. The van der Waals surface area contributed by atoms with Crippen molar-refractivity contribution in [2.45, 2.75) is 50.5 Å². The maximum atomic E-state index is 12.7. The van der Waals surface area contributed by atoms with Crippen LogP contribution in [0.25, 0.3) is 0 Å². The second-order valence-corrected chi connectivity index (χ2v) is 7.74. The summed E-state index contributed by atoms with van der Waals surface area (Å²) in [7, 11) is -2.27. The maximum absolute atomic E-state index is 12.7. The van der Waals surface area contributed by atoms with Crippen LogP contribution in [0.15, 0.2) is 23.1 Å². The molecule has 1 saturated carbocycles. The van der Waals surface area contributed by atoms with Gasteiger partial charge in [-0.05, 0) is 43.9 Å². The van der Waals surface area contributed by atoms with Crippen LogP contribution < -0.4 is 9.46 Å². The summed E-state index contributed by atoms with van der Waals surface area (Å²) in [6, 6.07) is 4.58. The highest BCUT2D eigenvalue weighted by molar-refractivity contribution is 7.89. The van der Waals surface area contributed by atoms with E-state index in [9.17, 15) is 13.2 Å². The van der Waals surface area contributed by atoms with E-state index in [4.69, 9.17) is 4.74 Å². The Bertz CT molecular complexity index is 678. The first-order valence-corrected chi connectivity index (χ1v) is 9.90. The highest BCUT2D eigenvalue weighted by Crippen LogP contribution is 2.28. The Balaban J connectivity index is 2.34. The molecule has 1 aliphatic rings. The maximum Gasteiger partial charge on any atom is 0.253 e. The third kappa shape index (κ3) is 4.48. The molecule has 0 unspecified atom stereocenters. The molecule has 0 heterocycles. The van der Waals surface area contributed by atoms with Gasteiger partial charge in [0.05, 0.1) is 7.11 Å². The molecule has 6 nitrogen and oxygen atoms in total. The molecule has 1 aromatic carbocycles. The Morgan fingerprint density at radius 1 is 1.25 bits per heavy atom. The second kappa shape index (κ2) is 7.98. The van der Waals surface area contributed by atoms with Crippen molar-refractivity contribution in [2.24, 2.45) is 0 Å². The first kappa shape index (κ1) is 18.7. The van der Waals surface area contributed by atoms with E-state index in [2.05, 4.69) is 4.72 Å². The standard InChI is InChI=1S/C17H26N2O4S/c1-4-10-19(11-5-2)17(20)13-6-9-15(23-3)16(12-13)24(21,22)18-14-7-8-14/h6,9,12,14,18H,4-5,7-8,10-11H2,1-3H3. The SMILES string of the molecule is CCCN(CCC)C(=O)c1ccc(OC)c(S(=O)(=O)NC2CC2)c1. The number of ether oxygens (including phenoxy) is 1. The van der Waals surface area contributed by atoms with E-state index in [1.54, 1.807) is 17.0 Å². The van der Waals surface area contributed by atoms with Crippen LogP contribution >= 0.6 is 0 Å². The molecule has 1 amide bonds. The van der Waals surface area contributed by atoms with Crippen molar-refractivity contribution >= 4 is 15.9 Å². The van der Waals surface area contributed by atoms with E-state index < -0.39 is 10.0 Å². The van der Waals surface area contributed by atoms with Crippen molar-refractivity contribution in [1.82, 2.24) is 9.62 Å². The van der Waals surface area contributed by atoms with Gasteiger partial charge in [0.2, 0.25) is 10.0 Å². The Morgan fingerprint density at radius 3 is 2.38 bits per heavy atom. The van der Waals surface area contributed by atoms with Gasteiger partial charge in [-0.2, -0.15) is 0 Å². The lowest BCUT2D eigenvalue weighted by Crippen LogP contribution is -2.33. The number of methoxy groups -OCH3 is 1. The van der Waals surface area contributed by atoms with Gasteiger partial charge in [0.15, 0.2) is 0 Å². The number of hydrogen-bond donors (Lipinski definition) is 1. The molecule has 1 aliphatic carbocycles. The first-order chi connectivity index (χ1) is 11.4. The van der Waals surface area contributed by atoms with E-state index >= 15 is 0 Å². The van der Waals surface area contributed by atoms with Crippen molar-refractivity contribution in [3.05, 3.63) is 23.8 Å². The normalized spacial score (nSPS) is 14.5. The summed E-state index contributed by atoms with van der Waals surface area (Å²) in [6.45, 7) is 5.33. The zero-order chi connectivity index (χ0) is 17.7. The van der Waals surface area contributed by atoms with Crippen molar-refractivity contribution in [1.29, 1.82) is 0 Å². The van der Waals surface area contributed by atoms with Gasteiger partial charge in [-0.3, -0.25) is 4.79 Å². The second-order valence-electron chi connectivity index (χ2n) is 6.05. The van der Waals surface area contributed by atoms with Gasteiger partial charge in [-0.25, -0.2) is 13.1 Å². The summed E-state index contributed by atoms with van der Waals surface area (Å²) < 4.78 is 32.9. The summed E-state index contributed by atoms with van der Waals surface area (Å²) in [4.78, 5) is 14.5. The predicted octanol–water partition coefficient (Wildman–Crippen LogP) is 2.40. The van der Waals surface area contributed by atoms with Crippen LogP contribution in [0.4, 0.5) is 0 Å². The highest BCUT2D eigenvalue weighted by atomic mass is 32.2. The molecule has 134 valence electrons. The number of sulfonamides is 1. The molecule has 0 aliphatic heterocycles. The molecule has 0 atom stereocenters. The van der Waals surface area contributed by atoms with Gasteiger partial charge in [-0.1, -0.05) is 13.8 Å². The molecule has 0 bridgehead atoms. The third-order valence-electron chi connectivity index (χ3n) is 3.87. The monoisotopic (exact) mass is 354 g/mol. The van der Waals surface area contributed by atoms with Gasteiger partial charge in [0.1, 0.15) is 10.6 Å². The van der Waals surface area contributed by atoms with Gasteiger partial charge in [0.25, 0.3) is 5.91 Å². The van der Waals surface area contributed by atoms with Crippen LogP contribution in [0.5, 0.6) is 5.75 Å². The minimum atomic E-state index is -3.69. The number of carbonyl (C=O) groups excluding carboxylic acids is 1. The summed E-state index contributed by atoms with van der Waals surface area (Å²) in [5, 5.41) is 0. The molecular weight excluding hydrogens is 328 g/mol. The molecule has 2 rings (SSSR count). The number of amides is 1. The fraction of sp³-hybridized carbons (Fsp3) is 0.588. The minimum absolute atomic E-state index is 0.00394. The van der Waals surface area contributed by atoms with Crippen LogP contribution in [0.2, 0.25) is 0 Å². The van der Waals surface area contributed by atoms with Gasteiger partial charge < -0.3 is 9.64 Å². The van der Waals surface area contributed by atoms with Crippen molar-refractivity contribution in [3.63, 3.8) is 0 Å². The lowest BCUT2D eigenvalue weighted by molar-refractivity contribution is 0.0755. The van der Waals surface area contributed by atoms with Crippen LogP contribution in [-0.4, -0.2) is 45.5 Å². The van der Waals surface area contributed by atoms with E-state index in [-0.39, 0.29) is 22.6 Å². The van der Waals surface area contributed by atoms with E-state index in [1.165, 1.54) is 13.2 Å². The van der Waals surface area contributed by atoms with Gasteiger partial charge in [-0.15, -0.1) is 0 Å². The quantitative estimate of drug-likeness (QED) is 0.739. The Hall–Kier alpha value is -1.60. The predicted molar refractivity (Wildman–Crippen MR) is 92.8 cm³/mol. The lowest BCUT2D eigenvalue weighted by atomic mass is 10.1. The number of benzene rings is 1. The van der Waals surface area contributed by atoms with E-state index in [1.807, 2.05) is 13.8 Å². The fourth-order valence-corrected chi connectivity index (χ4v) is 4.04. The lowest BCUT2D eigenvalue weighted by Gasteiger charge is -2.22. The molecule has 24 heavy (non-hydrogen) atoms. The zero-order valence-corrected chi connectivity index (χ0v) is 15.4. The summed E-state index contributed by atoms with van der Waals surface area (Å²) >= 11 is 0. The topological polar surface area (TPSA) is 75.7 Å². The van der Waals surface area contributed by atoms with E-state index in [0.717, 1.165) is 25.7 Å². The molecule has 1 aromatic rings. The van der Waals surface area contributed by atoms with Crippen molar-refractivity contribution in [2.75, 3.05) is 20.2 Å². The van der Waals surface area contributed by atoms with Crippen LogP contribution in [0.1, 0.15) is 49.9 Å². The Morgan fingerprint density at radius 2 is 1.88 bits per heavy atom. The Labute approximate surface area is 144 Å². The number of nitrogens with one attached hydrogen (secondary N) is 1. The highest BCUT2D eigenvalue weighted by Gasteiger charge is 2.30. The van der Waals surface area contributed by atoms with Crippen LogP contribution in [0, 0.1) is 0 Å². The summed E-state index contributed by atoms with van der Waals surface area (Å²) in [5.41, 5.74) is 0.369. The van der Waals surface area contributed by atoms with Crippen LogP contribution in [-0.2, 0) is 10.0 Å². The van der Waals surface area contributed by atoms with Crippen LogP contribution in [0.3, 0.4) is 0 Å². The molecule has 0 spiro atoms. The molecular formula is C17H26N2O4S. The van der Waals surface area contributed by atoms with Gasteiger partial charge in [0, 0.05) is 24.7 Å². The number of nitrogens with zero attached hydrogens (tertiary/aromatic N) is 1. The first-order valence-electron chi connectivity index (χ1n) is 8.42. The van der Waals surface area contributed by atoms with Crippen molar-refractivity contribution < 1.29 is 17.9 Å². The van der Waals surface area contributed by atoms with E-state index in [0.29, 0.717) is 18.7 Å². The Kier molecular flexibility index (Phi) is 6.23. The largest absolute Gasteiger partial charge is 0.495 e. The number of hydrogen-bond acceptors (Lipinski definition) is 4. The third-order valence-corrected chi connectivity index (χ3v) is 5.42. The fourth-order valence-electron chi connectivity index (χ4n) is 2.54. The average molecular weight is 354 g/mol. The molecule has 0 aromatic heterocycles. The molecule has 7 heteroatoms. The number of rotatable bonds is 9. The zero-order valence-electron chi connectivity index (χ0n) is 14.5. The van der Waals surface area contributed by atoms with Gasteiger partial charge >= 0.3 is 0 Å². The number of carbonyl (C=O) groups is 1. The molecule has 1 fully saturated rings. The average Bonchev–Trinajstić information content (AvgIpc) is 3.36. The molecule has 0 saturated heterocycles. The molecule has 1 N–H and O–H groups in total.